The number of rotatable bonds is 29. The third-order valence-electron chi connectivity index (χ3n) is 13.1. The van der Waals surface area contributed by atoms with Crippen LogP contribution in [0.25, 0.3) is 0 Å². The molecule has 15 nitrogen and oxygen atoms in total. The molecule has 0 spiro atoms. The summed E-state index contributed by atoms with van der Waals surface area (Å²) >= 11 is 1.50. The standard InChI is InChI=1S/C61H70O15S/c1-7-33-69-59-58(73-38-45-21-31-50(67-6)32-22-45)56(71-36-43-17-27-48(65-4)28-18-43)53(76-61(59)77-51-11-9-8-10-12-51)40-74-60-54(62)57(72-37-44-19-29-49(66-5)30-20-44)55(70-35-42-15-25-47(64-3)26-16-42)52(75-60)39-68-34-41-13-23-46(63-2)24-14-41/h7-32,52-62H,1,33-40H2,2-6H3/t52-,53-,54+,55-,56-,57-,58+,59+,60+,61-/m1/s1. The van der Waals surface area contributed by atoms with E-state index in [0.29, 0.717) is 11.5 Å². The highest BCUT2D eigenvalue weighted by molar-refractivity contribution is 7.99. The van der Waals surface area contributed by atoms with Gasteiger partial charge in [0.05, 0.1) is 88.4 Å². The maximum absolute atomic E-state index is 12.6. The Balaban J connectivity index is 1.12. The summed E-state index contributed by atoms with van der Waals surface area (Å²) < 4.78 is 88.2. The molecule has 16 heteroatoms. The molecule has 2 fully saturated rings. The van der Waals surface area contributed by atoms with E-state index in [9.17, 15) is 5.11 Å². The fourth-order valence-electron chi connectivity index (χ4n) is 8.91. The summed E-state index contributed by atoms with van der Waals surface area (Å²) in [6.45, 7) is 5.09. The maximum Gasteiger partial charge on any atom is 0.186 e. The highest BCUT2D eigenvalue weighted by Crippen LogP contribution is 2.39. The summed E-state index contributed by atoms with van der Waals surface area (Å²) in [5.41, 5.74) is 3.84. The fraction of sp³-hybridized carbons (Fsp3) is 0.377. The lowest BCUT2D eigenvalue weighted by atomic mass is 9.97. The Kier molecular flexibility index (Phi) is 22.0. The van der Waals surface area contributed by atoms with Gasteiger partial charge in [0.15, 0.2) is 6.29 Å². The predicted octanol–water partition coefficient (Wildman–Crippen LogP) is 9.78. The first-order valence-electron chi connectivity index (χ1n) is 25.5. The van der Waals surface area contributed by atoms with Gasteiger partial charge in [0, 0.05) is 4.90 Å². The molecule has 8 rings (SSSR count). The lowest BCUT2D eigenvalue weighted by molar-refractivity contribution is -0.329. The Morgan fingerprint density at radius 3 is 1.25 bits per heavy atom. The zero-order chi connectivity index (χ0) is 53.8. The van der Waals surface area contributed by atoms with Crippen LogP contribution in [0.4, 0.5) is 0 Å². The molecule has 0 aromatic heterocycles. The molecule has 6 aromatic carbocycles. The van der Waals surface area contributed by atoms with Crippen molar-refractivity contribution in [1.29, 1.82) is 0 Å². The van der Waals surface area contributed by atoms with Gasteiger partial charge in [-0.25, -0.2) is 0 Å². The van der Waals surface area contributed by atoms with E-state index in [0.717, 1.165) is 50.0 Å². The van der Waals surface area contributed by atoms with E-state index in [1.54, 1.807) is 41.6 Å². The second-order valence-corrected chi connectivity index (χ2v) is 19.5. The Morgan fingerprint density at radius 2 is 0.818 bits per heavy atom. The number of hydrogen-bond acceptors (Lipinski definition) is 16. The molecule has 2 aliphatic rings. The smallest absolute Gasteiger partial charge is 0.186 e. The Bertz CT molecular complexity index is 2620. The van der Waals surface area contributed by atoms with Gasteiger partial charge in [-0.15, -0.1) is 6.58 Å². The number of aliphatic hydroxyl groups is 1. The van der Waals surface area contributed by atoms with Crippen molar-refractivity contribution in [3.63, 3.8) is 0 Å². The summed E-state index contributed by atoms with van der Waals surface area (Å²) in [4.78, 5) is 0.955. The second-order valence-electron chi connectivity index (χ2n) is 18.3. The summed E-state index contributed by atoms with van der Waals surface area (Å²) in [6, 6.07) is 48.1. The molecule has 0 bridgehead atoms. The number of thioether (sulfide) groups is 1. The molecule has 6 aromatic rings. The van der Waals surface area contributed by atoms with Crippen LogP contribution in [0.5, 0.6) is 28.7 Å². The SMILES string of the molecule is C=CCO[C@H]1[C@@H](OCc2ccc(OC)cc2)[C@H](OCc2ccc(OC)cc2)[C@@H](CO[C@H]2O[C@H](COCc3ccc(OC)cc3)[C@@H](OCc3ccc(OC)cc3)[C@H](OCc3ccc(OC)cc3)[C@@H]2O)O[C@@H]1Sc1ccccc1. The highest BCUT2D eigenvalue weighted by Gasteiger charge is 2.51. The molecule has 1 N–H and O–H groups in total. The van der Waals surface area contributed by atoms with Crippen LogP contribution in [0.15, 0.2) is 169 Å². The minimum absolute atomic E-state index is 0.0567. The quantitative estimate of drug-likeness (QED) is 0.0444. The first-order chi connectivity index (χ1) is 37.8. The Hall–Kier alpha value is -5.99. The van der Waals surface area contributed by atoms with Crippen LogP contribution in [0.3, 0.4) is 0 Å². The fourth-order valence-corrected chi connectivity index (χ4v) is 10.1. The monoisotopic (exact) mass is 1070 g/mol. The summed E-state index contributed by atoms with van der Waals surface area (Å²) in [7, 11) is 8.13. The van der Waals surface area contributed by atoms with Crippen LogP contribution in [0.2, 0.25) is 0 Å². The molecule has 2 saturated heterocycles. The van der Waals surface area contributed by atoms with Crippen LogP contribution < -0.4 is 23.7 Å². The van der Waals surface area contributed by atoms with Gasteiger partial charge in [-0.1, -0.05) is 96.7 Å². The van der Waals surface area contributed by atoms with E-state index < -0.39 is 60.6 Å². The zero-order valence-electron chi connectivity index (χ0n) is 44.2. The molecule has 77 heavy (non-hydrogen) atoms. The molecule has 2 aliphatic heterocycles. The molecular formula is C61H70O15S. The van der Waals surface area contributed by atoms with Crippen molar-refractivity contribution < 1.29 is 71.4 Å². The second kappa shape index (κ2) is 29.7. The van der Waals surface area contributed by atoms with Crippen molar-refractivity contribution >= 4 is 11.8 Å². The van der Waals surface area contributed by atoms with Gasteiger partial charge >= 0.3 is 0 Å². The Morgan fingerprint density at radius 1 is 0.429 bits per heavy atom. The number of methoxy groups -OCH3 is 5. The lowest BCUT2D eigenvalue weighted by Crippen LogP contribution is -2.63. The molecular weight excluding hydrogens is 1000 g/mol. The number of aliphatic hydroxyl groups excluding tert-OH is 1. The van der Waals surface area contributed by atoms with Crippen LogP contribution >= 0.6 is 11.8 Å². The Labute approximate surface area is 456 Å². The van der Waals surface area contributed by atoms with Gasteiger partial charge in [0.25, 0.3) is 0 Å². The number of hydrogen-bond donors (Lipinski definition) is 1. The van der Waals surface area contributed by atoms with Crippen LogP contribution in [-0.4, -0.2) is 121 Å². The summed E-state index contributed by atoms with van der Waals surface area (Å²) in [6.07, 6.45) is -6.49. The number of ether oxygens (including phenoxy) is 14. The summed E-state index contributed by atoms with van der Waals surface area (Å²) in [5, 5.41) is 12.6. The molecule has 0 aliphatic carbocycles. The largest absolute Gasteiger partial charge is 0.497 e. The van der Waals surface area contributed by atoms with E-state index >= 15 is 0 Å². The van der Waals surface area contributed by atoms with E-state index in [1.165, 1.54) is 11.8 Å². The van der Waals surface area contributed by atoms with E-state index in [1.807, 2.05) is 152 Å². The number of benzene rings is 6. The van der Waals surface area contributed by atoms with Crippen molar-refractivity contribution in [3.05, 3.63) is 192 Å². The van der Waals surface area contributed by atoms with E-state index in [2.05, 4.69) is 6.58 Å². The molecule has 0 saturated carbocycles. The maximum atomic E-state index is 12.6. The first kappa shape index (κ1) is 57.2. The van der Waals surface area contributed by atoms with E-state index in [4.69, 9.17) is 66.3 Å². The van der Waals surface area contributed by atoms with Gasteiger partial charge in [0.2, 0.25) is 0 Å². The van der Waals surface area contributed by atoms with Gasteiger partial charge in [-0.2, -0.15) is 0 Å². The molecule has 0 amide bonds. The third-order valence-corrected chi connectivity index (χ3v) is 14.3. The topological polar surface area (TPSA) is 149 Å². The lowest BCUT2D eigenvalue weighted by Gasteiger charge is -2.47. The van der Waals surface area contributed by atoms with Gasteiger partial charge in [0.1, 0.15) is 83.0 Å². The predicted molar refractivity (Wildman–Crippen MR) is 290 cm³/mol. The molecule has 2 heterocycles. The van der Waals surface area contributed by atoms with Crippen LogP contribution in [0.1, 0.15) is 27.8 Å². The molecule has 0 radical (unpaired) electrons. The van der Waals surface area contributed by atoms with Gasteiger partial charge in [-0.3, -0.25) is 0 Å². The van der Waals surface area contributed by atoms with Crippen molar-refractivity contribution in [2.75, 3.05) is 55.4 Å². The van der Waals surface area contributed by atoms with Gasteiger partial charge in [-0.05, 0) is 101 Å². The normalized spacial score (nSPS) is 23.2. The zero-order valence-corrected chi connectivity index (χ0v) is 45.0. The van der Waals surface area contributed by atoms with Crippen LogP contribution in [0, 0.1) is 0 Å². The molecule has 10 atom stereocenters. The highest BCUT2D eigenvalue weighted by atomic mass is 32.2. The van der Waals surface area contributed by atoms with Crippen molar-refractivity contribution in [2.24, 2.45) is 0 Å². The minimum atomic E-state index is -1.37. The van der Waals surface area contributed by atoms with E-state index in [-0.39, 0.29) is 52.9 Å². The third kappa shape index (κ3) is 16.3. The van der Waals surface area contributed by atoms with Crippen molar-refractivity contribution in [1.82, 2.24) is 0 Å². The van der Waals surface area contributed by atoms with Crippen molar-refractivity contribution in [3.8, 4) is 28.7 Å². The van der Waals surface area contributed by atoms with Crippen LogP contribution in [-0.2, 0) is 75.7 Å². The summed E-state index contributed by atoms with van der Waals surface area (Å²) in [5.74, 6) is 3.60. The molecule has 410 valence electrons. The van der Waals surface area contributed by atoms with Crippen molar-refractivity contribution in [2.45, 2.75) is 98.5 Å². The average Bonchev–Trinajstić information content (AvgIpc) is 3.50. The molecule has 0 unspecified atom stereocenters. The minimum Gasteiger partial charge on any atom is -0.497 e. The van der Waals surface area contributed by atoms with Gasteiger partial charge < -0.3 is 71.4 Å². The first-order valence-corrected chi connectivity index (χ1v) is 26.4. The average molecular weight is 1080 g/mol.